The van der Waals surface area contributed by atoms with Gasteiger partial charge in [0.1, 0.15) is 0 Å². The van der Waals surface area contributed by atoms with Crippen molar-refractivity contribution in [2.75, 3.05) is 13.2 Å². The number of amides is 1. The van der Waals surface area contributed by atoms with Crippen molar-refractivity contribution in [1.82, 2.24) is 5.32 Å². The van der Waals surface area contributed by atoms with Gasteiger partial charge in [-0.1, -0.05) is 41.9 Å². The number of hydrogen-bond donors (Lipinski definition) is 2. The largest absolute Gasteiger partial charge is 0.364 e. The van der Waals surface area contributed by atoms with Crippen molar-refractivity contribution in [3.05, 3.63) is 59.1 Å². The predicted molar refractivity (Wildman–Crippen MR) is 91.2 cm³/mol. The van der Waals surface area contributed by atoms with Gasteiger partial charge in [-0.3, -0.25) is 4.79 Å². The molecule has 120 valence electrons. The normalized spacial score (nSPS) is 21.6. The molecule has 0 aliphatic carbocycles. The number of halogens is 1. The van der Waals surface area contributed by atoms with Crippen molar-refractivity contribution in [1.29, 1.82) is 0 Å². The van der Waals surface area contributed by atoms with Crippen LogP contribution in [0, 0.1) is 0 Å². The second-order valence-corrected chi connectivity index (χ2v) is 6.05. The lowest BCUT2D eigenvalue weighted by molar-refractivity contribution is -0.131. The standard InChI is InChI=1S/C18H19ClN2O2/c19-15-6-4-12(5-7-15)13-2-1-3-14(10-13)17-18(22)21-16(11-20)8-9-23-17/h1-7,10,16-17H,8-9,11,20H2,(H,21,22)/t16-,17+/m0/s1. The van der Waals surface area contributed by atoms with Gasteiger partial charge in [0.2, 0.25) is 0 Å². The van der Waals surface area contributed by atoms with Crippen LogP contribution in [0.25, 0.3) is 11.1 Å². The Morgan fingerprint density at radius 3 is 2.70 bits per heavy atom. The summed E-state index contributed by atoms with van der Waals surface area (Å²) in [7, 11) is 0. The van der Waals surface area contributed by atoms with Gasteiger partial charge in [-0.25, -0.2) is 0 Å². The summed E-state index contributed by atoms with van der Waals surface area (Å²) in [6.07, 6.45) is 0.133. The molecule has 1 aliphatic heterocycles. The minimum absolute atomic E-state index is 0.0213. The molecule has 5 heteroatoms. The lowest BCUT2D eigenvalue weighted by Crippen LogP contribution is -2.40. The molecule has 1 heterocycles. The van der Waals surface area contributed by atoms with Gasteiger partial charge < -0.3 is 15.8 Å². The molecule has 3 N–H and O–H groups in total. The summed E-state index contributed by atoms with van der Waals surface area (Å²) < 4.78 is 5.75. The molecular weight excluding hydrogens is 312 g/mol. The van der Waals surface area contributed by atoms with Gasteiger partial charge in [0.15, 0.2) is 6.10 Å². The zero-order chi connectivity index (χ0) is 16.2. The summed E-state index contributed by atoms with van der Waals surface area (Å²) in [5, 5.41) is 3.64. The maximum absolute atomic E-state index is 12.4. The Bertz CT molecular complexity index is 688. The first-order chi connectivity index (χ1) is 11.2. The van der Waals surface area contributed by atoms with Gasteiger partial charge in [0, 0.05) is 17.6 Å². The number of carbonyl (C=O) groups is 1. The van der Waals surface area contributed by atoms with Crippen LogP contribution in [-0.4, -0.2) is 25.1 Å². The molecule has 2 atom stereocenters. The van der Waals surface area contributed by atoms with Gasteiger partial charge in [-0.2, -0.15) is 0 Å². The summed E-state index contributed by atoms with van der Waals surface area (Å²) in [4.78, 5) is 12.4. The summed E-state index contributed by atoms with van der Waals surface area (Å²) in [6, 6.07) is 15.4. The van der Waals surface area contributed by atoms with Gasteiger partial charge in [-0.05, 0) is 41.3 Å². The first-order valence-electron chi connectivity index (χ1n) is 7.65. The van der Waals surface area contributed by atoms with Crippen molar-refractivity contribution >= 4 is 17.5 Å². The molecule has 1 saturated heterocycles. The van der Waals surface area contributed by atoms with E-state index in [0.29, 0.717) is 18.2 Å². The van der Waals surface area contributed by atoms with E-state index >= 15 is 0 Å². The van der Waals surface area contributed by atoms with E-state index in [4.69, 9.17) is 22.1 Å². The van der Waals surface area contributed by atoms with Crippen LogP contribution < -0.4 is 11.1 Å². The van der Waals surface area contributed by atoms with Crippen LogP contribution in [0.3, 0.4) is 0 Å². The highest BCUT2D eigenvalue weighted by Gasteiger charge is 2.27. The fourth-order valence-corrected chi connectivity index (χ4v) is 2.83. The van der Waals surface area contributed by atoms with Crippen LogP contribution in [-0.2, 0) is 9.53 Å². The Morgan fingerprint density at radius 1 is 1.17 bits per heavy atom. The minimum atomic E-state index is -0.598. The molecule has 4 nitrogen and oxygen atoms in total. The van der Waals surface area contributed by atoms with Crippen molar-refractivity contribution in [3.8, 4) is 11.1 Å². The number of nitrogens with two attached hydrogens (primary N) is 1. The Kier molecular flexibility index (Phi) is 4.96. The van der Waals surface area contributed by atoms with Crippen LogP contribution in [0.5, 0.6) is 0 Å². The SMILES string of the molecule is NC[C@@H]1CCO[C@H](c2cccc(-c3ccc(Cl)cc3)c2)C(=O)N1. The first kappa shape index (κ1) is 16.0. The summed E-state index contributed by atoms with van der Waals surface area (Å²) >= 11 is 5.93. The number of hydrogen-bond acceptors (Lipinski definition) is 3. The van der Waals surface area contributed by atoms with Crippen molar-refractivity contribution < 1.29 is 9.53 Å². The maximum Gasteiger partial charge on any atom is 0.254 e. The van der Waals surface area contributed by atoms with E-state index in [9.17, 15) is 4.79 Å². The molecule has 0 aromatic heterocycles. The third-order valence-corrected chi connectivity index (χ3v) is 4.24. The van der Waals surface area contributed by atoms with Crippen LogP contribution in [0.15, 0.2) is 48.5 Å². The molecule has 23 heavy (non-hydrogen) atoms. The Morgan fingerprint density at radius 2 is 1.96 bits per heavy atom. The van der Waals surface area contributed by atoms with E-state index in [1.54, 1.807) is 0 Å². The Hall–Kier alpha value is -1.88. The third kappa shape index (κ3) is 3.72. The van der Waals surface area contributed by atoms with Crippen molar-refractivity contribution in [2.24, 2.45) is 5.73 Å². The fourth-order valence-electron chi connectivity index (χ4n) is 2.70. The second-order valence-electron chi connectivity index (χ2n) is 5.61. The monoisotopic (exact) mass is 330 g/mol. The molecule has 0 radical (unpaired) electrons. The van der Waals surface area contributed by atoms with E-state index in [-0.39, 0.29) is 11.9 Å². The minimum Gasteiger partial charge on any atom is -0.364 e. The van der Waals surface area contributed by atoms with E-state index in [1.165, 1.54) is 0 Å². The van der Waals surface area contributed by atoms with Gasteiger partial charge >= 0.3 is 0 Å². The van der Waals surface area contributed by atoms with Crippen LogP contribution in [0.4, 0.5) is 0 Å². The number of benzene rings is 2. The molecule has 0 spiro atoms. The van der Waals surface area contributed by atoms with E-state index in [1.807, 2.05) is 48.5 Å². The molecule has 0 bridgehead atoms. The lowest BCUT2D eigenvalue weighted by atomic mass is 10.0. The van der Waals surface area contributed by atoms with E-state index in [2.05, 4.69) is 5.32 Å². The third-order valence-electron chi connectivity index (χ3n) is 3.99. The zero-order valence-electron chi connectivity index (χ0n) is 12.7. The quantitative estimate of drug-likeness (QED) is 0.909. The van der Waals surface area contributed by atoms with Crippen molar-refractivity contribution in [2.45, 2.75) is 18.6 Å². The molecule has 1 aliphatic rings. The maximum atomic E-state index is 12.4. The second kappa shape index (κ2) is 7.13. The van der Waals surface area contributed by atoms with Crippen LogP contribution in [0.2, 0.25) is 5.02 Å². The molecule has 1 amide bonds. The van der Waals surface area contributed by atoms with Gasteiger partial charge in [-0.15, -0.1) is 0 Å². The lowest BCUT2D eigenvalue weighted by Gasteiger charge is -2.16. The number of nitrogens with one attached hydrogen (secondary N) is 1. The predicted octanol–water partition coefficient (Wildman–Crippen LogP) is 2.91. The average Bonchev–Trinajstić information content (AvgIpc) is 2.77. The summed E-state index contributed by atoms with van der Waals surface area (Å²) in [5.41, 5.74) is 8.56. The number of carbonyl (C=O) groups excluding carboxylic acids is 1. The summed E-state index contributed by atoms with van der Waals surface area (Å²) in [5.74, 6) is -0.133. The van der Waals surface area contributed by atoms with E-state index < -0.39 is 6.10 Å². The molecular formula is C18H19ClN2O2. The molecule has 1 fully saturated rings. The molecule has 0 saturated carbocycles. The highest BCUT2D eigenvalue weighted by atomic mass is 35.5. The molecule has 3 rings (SSSR count). The zero-order valence-corrected chi connectivity index (χ0v) is 13.4. The highest BCUT2D eigenvalue weighted by molar-refractivity contribution is 6.30. The van der Waals surface area contributed by atoms with E-state index in [0.717, 1.165) is 23.1 Å². The van der Waals surface area contributed by atoms with Crippen molar-refractivity contribution in [3.63, 3.8) is 0 Å². The molecule has 0 unspecified atom stereocenters. The Balaban J connectivity index is 1.87. The van der Waals surface area contributed by atoms with Crippen LogP contribution in [0.1, 0.15) is 18.1 Å². The van der Waals surface area contributed by atoms with Gasteiger partial charge in [0.25, 0.3) is 5.91 Å². The topological polar surface area (TPSA) is 64.3 Å². The van der Waals surface area contributed by atoms with Crippen LogP contribution >= 0.6 is 11.6 Å². The molecule has 2 aromatic rings. The fraction of sp³-hybridized carbons (Fsp3) is 0.278. The number of ether oxygens (including phenoxy) is 1. The molecule has 2 aromatic carbocycles. The highest BCUT2D eigenvalue weighted by Crippen LogP contribution is 2.27. The first-order valence-corrected chi connectivity index (χ1v) is 8.03. The Labute approximate surface area is 140 Å². The smallest absolute Gasteiger partial charge is 0.254 e. The van der Waals surface area contributed by atoms with Gasteiger partial charge in [0.05, 0.1) is 6.61 Å². The number of rotatable bonds is 3. The average molecular weight is 331 g/mol. The summed E-state index contributed by atoms with van der Waals surface area (Å²) in [6.45, 7) is 0.934.